The predicted octanol–water partition coefficient (Wildman–Crippen LogP) is 4.91. The van der Waals surface area contributed by atoms with Crippen LogP contribution in [-0.2, 0) is 9.53 Å². The van der Waals surface area contributed by atoms with Gasteiger partial charge in [-0.1, -0.05) is 60.7 Å². The first-order valence-electron chi connectivity index (χ1n) is 12.2. The Morgan fingerprint density at radius 1 is 0.919 bits per heavy atom. The second-order valence-corrected chi connectivity index (χ2v) is 9.15. The number of hydrazine groups is 1. The zero-order valence-electron chi connectivity index (χ0n) is 21.4. The Hall–Kier alpha value is -3.88. The van der Waals surface area contributed by atoms with Crippen LogP contribution < -0.4 is 9.47 Å². The van der Waals surface area contributed by atoms with Crippen LogP contribution in [0.3, 0.4) is 0 Å². The number of methoxy groups -OCH3 is 1. The molecule has 0 unspecified atom stereocenters. The Morgan fingerprint density at radius 2 is 1.49 bits per heavy atom. The molecule has 4 atom stereocenters. The van der Waals surface area contributed by atoms with E-state index >= 15 is 0 Å². The third-order valence-electron chi connectivity index (χ3n) is 6.35. The molecule has 37 heavy (non-hydrogen) atoms. The van der Waals surface area contributed by atoms with Gasteiger partial charge in [-0.05, 0) is 56.2 Å². The van der Waals surface area contributed by atoms with Crippen LogP contribution in [0.1, 0.15) is 44.1 Å². The van der Waals surface area contributed by atoms with Gasteiger partial charge in [0, 0.05) is 6.04 Å². The summed E-state index contributed by atoms with van der Waals surface area (Å²) < 4.78 is 17.0. The van der Waals surface area contributed by atoms with Gasteiger partial charge in [-0.15, -0.1) is 0 Å². The maximum absolute atomic E-state index is 14.0. The van der Waals surface area contributed by atoms with E-state index in [0.29, 0.717) is 17.1 Å². The molecule has 2 amide bonds. The number of hydrogen-bond donors (Lipinski definition) is 1. The van der Waals surface area contributed by atoms with E-state index < -0.39 is 30.3 Å². The second-order valence-electron chi connectivity index (χ2n) is 9.15. The maximum atomic E-state index is 14.0. The average Bonchev–Trinajstić information content (AvgIpc) is 2.93. The molecule has 3 aromatic carbocycles. The second kappa shape index (κ2) is 11.5. The van der Waals surface area contributed by atoms with Crippen LogP contribution in [0.25, 0.3) is 0 Å². The standard InChI is InChI=1S/C29H32N2O6/c1-19(2)30-20(3)26(22-13-9-6-10-14-22)37-29(34)31(30)28(33)27(25(32)21-11-7-5-8-12-21)36-24-17-15-23(35-4)16-18-24/h5-20,25-27,32H,1-4H3/t20-,25+,26-,27-/m0/s1. The lowest BCUT2D eigenvalue weighted by Crippen LogP contribution is -2.64. The quantitative estimate of drug-likeness (QED) is 0.466. The first-order valence-corrected chi connectivity index (χ1v) is 12.2. The van der Waals surface area contributed by atoms with Crippen molar-refractivity contribution in [3.63, 3.8) is 0 Å². The number of rotatable bonds is 8. The van der Waals surface area contributed by atoms with E-state index in [2.05, 4.69) is 0 Å². The monoisotopic (exact) mass is 504 g/mol. The van der Waals surface area contributed by atoms with Crippen LogP contribution >= 0.6 is 0 Å². The third kappa shape index (κ3) is 5.60. The molecular weight excluding hydrogens is 472 g/mol. The Balaban J connectivity index is 1.69. The first-order chi connectivity index (χ1) is 17.8. The molecule has 1 heterocycles. The van der Waals surface area contributed by atoms with E-state index in [4.69, 9.17) is 14.2 Å². The van der Waals surface area contributed by atoms with Crippen LogP contribution in [-0.4, -0.2) is 52.4 Å². The summed E-state index contributed by atoms with van der Waals surface area (Å²) in [7, 11) is 1.55. The molecule has 0 radical (unpaired) electrons. The van der Waals surface area contributed by atoms with Gasteiger partial charge in [-0.2, -0.15) is 10.0 Å². The summed E-state index contributed by atoms with van der Waals surface area (Å²) in [6.07, 6.45) is -4.17. The summed E-state index contributed by atoms with van der Waals surface area (Å²) in [5.74, 6) is 0.222. The normalized spacial score (nSPS) is 19.7. The van der Waals surface area contributed by atoms with Gasteiger partial charge in [-0.3, -0.25) is 4.79 Å². The number of hydrogen-bond acceptors (Lipinski definition) is 7. The van der Waals surface area contributed by atoms with Crippen molar-refractivity contribution in [1.29, 1.82) is 0 Å². The summed E-state index contributed by atoms with van der Waals surface area (Å²) in [5.41, 5.74) is 1.31. The molecule has 0 bridgehead atoms. The number of carbonyl (C=O) groups excluding carboxylic acids is 2. The largest absolute Gasteiger partial charge is 0.497 e. The number of aliphatic hydroxyl groups excluding tert-OH is 1. The number of imide groups is 1. The number of nitrogens with zero attached hydrogens (tertiary/aromatic N) is 2. The Bertz CT molecular complexity index is 1190. The molecule has 3 aromatic rings. The molecule has 8 nitrogen and oxygen atoms in total. The van der Waals surface area contributed by atoms with Gasteiger partial charge in [0.25, 0.3) is 5.91 Å². The van der Waals surface area contributed by atoms with Crippen LogP contribution in [0, 0.1) is 0 Å². The highest BCUT2D eigenvalue weighted by molar-refractivity contribution is 5.95. The predicted molar refractivity (Wildman–Crippen MR) is 138 cm³/mol. The third-order valence-corrected chi connectivity index (χ3v) is 6.35. The molecule has 1 fully saturated rings. The van der Waals surface area contributed by atoms with Gasteiger partial charge in [0.2, 0.25) is 6.10 Å². The zero-order chi connectivity index (χ0) is 26.5. The van der Waals surface area contributed by atoms with Crippen molar-refractivity contribution in [2.75, 3.05) is 7.11 Å². The van der Waals surface area contributed by atoms with Crippen LogP contribution in [0.4, 0.5) is 4.79 Å². The summed E-state index contributed by atoms with van der Waals surface area (Å²) in [6, 6.07) is 24.2. The topological polar surface area (TPSA) is 88.5 Å². The fraction of sp³-hybridized carbons (Fsp3) is 0.310. The minimum atomic E-state index is -1.43. The highest BCUT2D eigenvalue weighted by Crippen LogP contribution is 2.35. The van der Waals surface area contributed by atoms with E-state index in [9.17, 15) is 14.7 Å². The van der Waals surface area contributed by atoms with Crippen LogP contribution in [0.15, 0.2) is 84.9 Å². The number of carbonyl (C=O) groups is 2. The summed E-state index contributed by atoms with van der Waals surface area (Å²) in [4.78, 5) is 27.4. The minimum absolute atomic E-state index is 0.228. The molecule has 0 aliphatic carbocycles. The van der Waals surface area contributed by atoms with Gasteiger partial charge >= 0.3 is 6.09 Å². The summed E-state index contributed by atoms with van der Waals surface area (Å²) >= 11 is 0. The molecular formula is C29H32N2O6. The average molecular weight is 505 g/mol. The van der Waals surface area contributed by atoms with E-state index in [-0.39, 0.29) is 12.1 Å². The molecule has 1 aliphatic rings. The van der Waals surface area contributed by atoms with Gasteiger partial charge < -0.3 is 19.3 Å². The van der Waals surface area contributed by atoms with E-state index in [0.717, 1.165) is 10.6 Å². The smallest absolute Gasteiger partial charge is 0.432 e. The highest BCUT2D eigenvalue weighted by atomic mass is 16.6. The van der Waals surface area contributed by atoms with Crippen molar-refractivity contribution in [2.24, 2.45) is 0 Å². The van der Waals surface area contributed by atoms with E-state index in [1.165, 1.54) is 0 Å². The lowest BCUT2D eigenvalue weighted by Gasteiger charge is -2.47. The first kappa shape index (κ1) is 26.2. The van der Waals surface area contributed by atoms with E-state index in [1.807, 2.05) is 57.2 Å². The van der Waals surface area contributed by atoms with Gasteiger partial charge in [0.05, 0.1) is 13.2 Å². The Morgan fingerprint density at radius 3 is 2.05 bits per heavy atom. The molecule has 0 spiro atoms. The number of cyclic esters (lactones) is 1. The van der Waals surface area contributed by atoms with Crippen molar-refractivity contribution in [3.8, 4) is 11.5 Å². The molecule has 4 rings (SSSR count). The van der Waals surface area contributed by atoms with Crippen molar-refractivity contribution < 1.29 is 28.9 Å². The fourth-order valence-electron chi connectivity index (χ4n) is 4.56. The maximum Gasteiger partial charge on any atom is 0.432 e. The Labute approximate surface area is 217 Å². The van der Waals surface area contributed by atoms with Crippen molar-refractivity contribution >= 4 is 12.0 Å². The molecule has 0 saturated carbocycles. The highest BCUT2D eigenvalue weighted by Gasteiger charge is 2.48. The zero-order valence-corrected chi connectivity index (χ0v) is 21.4. The molecule has 8 heteroatoms. The fourth-order valence-corrected chi connectivity index (χ4v) is 4.56. The Kier molecular flexibility index (Phi) is 8.11. The number of ether oxygens (including phenoxy) is 3. The van der Waals surface area contributed by atoms with Gasteiger partial charge in [0.1, 0.15) is 23.7 Å². The van der Waals surface area contributed by atoms with Crippen LogP contribution in [0.5, 0.6) is 11.5 Å². The number of benzene rings is 3. The van der Waals surface area contributed by atoms with Crippen molar-refractivity contribution in [2.45, 2.75) is 51.2 Å². The number of amides is 2. The van der Waals surface area contributed by atoms with E-state index in [1.54, 1.807) is 60.6 Å². The molecule has 194 valence electrons. The molecule has 1 aliphatic heterocycles. The lowest BCUT2D eigenvalue weighted by molar-refractivity contribution is -0.185. The van der Waals surface area contributed by atoms with Crippen molar-refractivity contribution in [3.05, 3.63) is 96.1 Å². The van der Waals surface area contributed by atoms with Crippen molar-refractivity contribution in [1.82, 2.24) is 10.0 Å². The summed E-state index contributed by atoms with van der Waals surface area (Å²) in [5, 5.41) is 13.9. The minimum Gasteiger partial charge on any atom is -0.497 e. The molecule has 1 saturated heterocycles. The lowest BCUT2D eigenvalue weighted by atomic mass is 10.0. The molecule has 0 aromatic heterocycles. The summed E-state index contributed by atoms with van der Waals surface area (Å²) in [6.45, 7) is 5.69. The van der Waals surface area contributed by atoms with Gasteiger partial charge in [0.15, 0.2) is 0 Å². The van der Waals surface area contributed by atoms with Crippen LogP contribution in [0.2, 0.25) is 0 Å². The SMILES string of the molecule is COc1ccc(O[C@H](C(=O)N2C(=O)O[C@H](c3ccccc3)[C@H](C)N2C(C)C)[C@H](O)c2ccccc2)cc1. The molecule has 1 N–H and O–H groups in total. The number of aliphatic hydroxyl groups is 1. The van der Waals surface area contributed by atoms with Gasteiger partial charge in [-0.25, -0.2) is 4.79 Å².